The summed E-state index contributed by atoms with van der Waals surface area (Å²) in [7, 11) is 1.75. The van der Waals surface area contributed by atoms with Crippen LogP contribution in [0.25, 0.3) is 0 Å². The zero-order valence-electron chi connectivity index (χ0n) is 16.8. The van der Waals surface area contributed by atoms with Gasteiger partial charge in [0.05, 0.1) is 12.8 Å². The molecule has 0 spiro atoms. The van der Waals surface area contributed by atoms with E-state index in [1.807, 2.05) is 11.0 Å². The number of hydrogen-bond acceptors (Lipinski definition) is 5. The summed E-state index contributed by atoms with van der Waals surface area (Å²) in [6.45, 7) is 4.73. The van der Waals surface area contributed by atoms with Gasteiger partial charge in [0.25, 0.3) is 0 Å². The van der Waals surface area contributed by atoms with E-state index in [1.165, 1.54) is 18.4 Å². The summed E-state index contributed by atoms with van der Waals surface area (Å²) in [5.74, 6) is 1.83. The Morgan fingerprint density at radius 1 is 1.25 bits per heavy atom. The zero-order chi connectivity index (χ0) is 19.5. The number of piperidine rings is 1. The second-order valence-electron chi connectivity index (χ2n) is 7.98. The maximum Gasteiger partial charge on any atom is 0.225 e. The van der Waals surface area contributed by atoms with Crippen molar-refractivity contribution in [2.75, 3.05) is 25.1 Å². The molecule has 2 fully saturated rings. The molecule has 1 aliphatic heterocycles. The van der Waals surface area contributed by atoms with Crippen molar-refractivity contribution in [2.45, 2.75) is 51.6 Å². The van der Waals surface area contributed by atoms with E-state index in [-0.39, 0.29) is 5.91 Å². The van der Waals surface area contributed by atoms with Crippen LogP contribution in [0.3, 0.4) is 0 Å². The van der Waals surface area contributed by atoms with Gasteiger partial charge in [-0.05, 0) is 62.7 Å². The number of hydrogen-bond donors (Lipinski definition) is 0. The monoisotopic (exact) mass is 399 g/mol. The predicted octanol–water partition coefficient (Wildman–Crippen LogP) is 4.12. The third kappa shape index (κ3) is 4.55. The fourth-order valence-corrected chi connectivity index (χ4v) is 5.05. The van der Waals surface area contributed by atoms with Crippen LogP contribution < -0.4 is 9.64 Å². The van der Waals surface area contributed by atoms with Crippen molar-refractivity contribution in [1.29, 1.82) is 0 Å². The van der Waals surface area contributed by atoms with Crippen molar-refractivity contribution >= 4 is 22.4 Å². The van der Waals surface area contributed by atoms with Crippen LogP contribution in [0.1, 0.15) is 43.9 Å². The number of rotatable bonds is 7. The molecular formula is C22H29N3O2S. The van der Waals surface area contributed by atoms with Crippen LogP contribution >= 0.6 is 11.3 Å². The molecule has 0 radical (unpaired) electrons. The van der Waals surface area contributed by atoms with Gasteiger partial charge in [-0.2, -0.15) is 0 Å². The number of carbonyl (C=O) groups excluding carboxylic acids is 1. The second kappa shape index (κ2) is 8.62. The van der Waals surface area contributed by atoms with Gasteiger partial charge in [-0.3, -0.25) is 14.6 Å². The van der Waals surface area contributed by atoms with E-state index in [2.05, 4.69) is 28.5 Å². The number of benzene rings is 1. The normalized spacial score (nSPS) is 18.2. The standard InChI is InChI=1S/C22H29N3O2S/c1-16(26)25(20-7-8-20)22-23-19(15-28-22)14-24-11-9-17(10-12-24)13-18-5-3-4-6-21(18)27-2/h3-6,15,17,20H,7-14H2,1-2H3. The lowest BCUT2D eigenvalue weighted by atomic mass is 9.90. The third-order valence-electron chi connectivity index (χ3n) is 5.79. The molecular weight excluding hydrogens is 370 g/mol. The summed E-state index contributed by atoms with van der Waals surface area (Å²) in [5.41, 5.74) is 2.41. The van der Waals surface area contributed by atoms with Crippen molar-refractivity contribution in [3.8, 4) is 5.75 Å². The maximum atomic E-state index is 11.9. The van der Waals surface area contributed by atoms with Crippen LogP contribution in [0.15, 0.2) is 29.6 Å². The SMILES string of the molecule is COc1ccccc1CC1CCN(Cc2csc(N(C(C)=O)C3CC3)n2)CC1. The highest BCUT2D eigenvalue weighted by Gasteiger charge is 2.33. The molecule has 1 aromatic carbocycles. The molecule has 1 aliphatic carbocycles. The maximum absolute atomic E-state index is 11.9. The molecule has 0 unspecified atom stereocenters. The summed E-state index contributed by atoms with van der Waals surface area (Å²) in [5, 5.41) is 2.99. The Kier molecular flexibility index (Phi) is 5.97. The largest absolute Gasteiger partial charge is 0.496 e. The van der Waals surface area contributed by atoms with Crippen LogP contribution in [-0.4, -0.2) is 42.0 Å². The summed E-state index contributed by atoms with van der Waals surface area (Å²) < 4.78 is 5.50. The van der Waals surface area contributed by atoms with Crippen molar-refractivity contribution in [1.82, 2.24) is 9.88 Å². The van der Waals surface area contributed by atoms with E-state index in [0.29, 0.717) is 12.0 Å². The first-order chi connectivity index (χ1) is 13.6. The highest BCUT2D eigenvalue weighted by molar-refractivity contribution is 7.14. The van der Waals surface area contributed by atoms with E-state index in [1.54, 1.807) is 25.4 Å². The van der Waals surface area contributed by atoms with Crippen molar-refractivity contribution in [2.24, 2.45) is 5.92 Å². The number of carbonyl (C=O) groups is 1. The molecule has 28 heavy (non-hydrogen) atoms. The number of ether oxygens (including phenoxy) is 1. The number of para-hydroxylation sites is 1. The first kappa shape index (κ1) is 19.4. The van der Waals surface area contributed by atoms with Gasteiger partial charge in [0.1, 0.15) is 5.75 Å². The van der Waals surface area contributed by atoms with Gasteiger partial charge in [0.15, 0.2) is 5.13 Å². The first-order valence-corrected chi connectivity index (χ1v) is 11.1. The highest BCUT2D eigenvalue weighted by atomic mass is 32.1. The summed E-state index contributed by atoms with van der Waals surface area (Å²) in [4.78, 5) is 21.1. The zero-order valence-corrected chi connectivity index (χ0v) is 17.6. The van der Waals surface area contributed by atoms with Crippen LogP contribution in [0.4, 0.5) is 5.13 Å². The lowest BCUT2D eigenvalue weighted by Gasteiger charge is -2.31. The minimum atomic E-state index is 0.112. The fourth-order valence-electron chi connectivity index (χ4n) is 4.12. The van der Waals surface area contributed by atoms with Crippen LogP contribution in [0.2, 0.25) is 0 Å². The molecule has 2 heterocycles. The molecule has 2 aromatic rings. The minimum Gasteiger partial charge on any atom is -0.496 e. The van der Waals surface area contributed by atoms with Crippen molar-refractivity contribution in [3.05, 3.63) is 40.9 Å². The number of thiazole rings is 1. The van der Waals surface area contributed by atoms with Crippen LogP contribution in [-0.2, 0) is 17.8 Å². The molecule has 1 saturated carbocycles. The number of amides is 1. The van der Waals surface area contributed by atoms with Crippen molar-refractivity contribution < 1.29 is 9.53 Å². The van der Waals surface area contributed by atoms with Gasteiger partial charge in [0.2, 0.25) is 5.91 Å². The number of nitrogens with zero attached hydrogens (tertiary/aromatic N) is 3. The average Bonchev–Trinajstić information content (AvgIpc) is 3.42. The van der Waals surface area contributed by atoms with E-state index in [9.17, 15) is 4.79 Å². The van der Waals surface area contributed by atoms with Gasteiger partial charge < -0.3 is 4.74 Å². The smallest absolute Gasteiger partial charge is 0.225 e. The quantitative estimate of drug-likeness (QED) is 0.703. The predicted molar refractivity (Wildman–Crippen MR) is 113 cm³/mol. The van der Waals surface area contributed by atoms with Crippen molar-refractivity contribution in [3.63, 3.8) is 0 Å². The van der Waals surface area contributed by atoms with E-state index >= 15 is 0 Å². The highest BCUT2D eigenvalue weighted by Crippen LogP contribution is 2.34. The van der Waals surface area contributed by atoms with Crippen LogP contribution in [0.5, 0.6) is 5.75 Å². The summed E-state index contributed by atoms with van der Waals surface area (Å²) in [6.07, 6.45) is 5.71. The average molecular weight is 400 g/mol. The topological polar surface area (TPSA) is 45.7 Å². The van der Waals surface area contributed by atoms with E-state index in [4.69, 9.17) is 9.72 Å². The molecule has 1 saturated heterocycles. The lowest BCUT2D eigenvalue weighted by Crippen LogP contribution is -2.34. The lowest BCUT2D eigenvalue weighted by molar-refractivity contribution is -0.116. The summed E-state index contributed by atoms with van der Waals surface area (Å²) >= 11 is 1.60. The van der Waals surface area contributed by atoms with Gasteiger partial charge in [-0.15, -0.1) is 11.3 Å². The Bertz CT molecular complexity index is 810. The molecule has 1 amide bonds. The van der Waals surface area contributed by atoms with E-state index < -0.39 is 0 Å². The molecule has 0 bridgehead atoms. The van der Waals surface area contributed by atoms with E-state index in [0.717, 1.165) is 55.5 Å². The van der Waals surface area contributed by atoms with Gasteiger partial charge in [-0.25, -0.2) is 4.98 Å². The summed E-state index contributed by atoms with van der Waals surface area (Å²) in [6, 6.07) is 8.74. The van der Waals surface area contributed by atoms with Gasteiger partial charge in [0, 0.05) is 24.9 Å². The number of aromatic nitrogens is 1. The Morgan fingerprint density at radius 3 is 2.68 bits per heavy atom. The van der Waals surface area contributed by atoms with Gasteiger partial charge in [-0.1, -0.05) is 18.2 Å². The molecule has 4 rings (SSSR count). The second-order valence-corrected chi connectivity index (χ2v) is 8.81. The minimum absolute atomic E-state index is 0.112. The fraction of sp³-hybridized carbons (Fsp3) is 0.545. The third-order valence-corrected chi connectivity index (χ3v) is 6.68. The number of likely N-dealkylation sites (tertiary alicyclic amines) is 1. The molecule has 0 atom stereocenters. The Balaban J connectivity index is 1.29. The Hall–Kier alpha value is -1.92. The van der Waals surface area contributed by atoms with Gasteiger partial charge >= 0.3 is 0 Å². The number of anilines is 1. The molecule has 6 heteroatoms. The molecule has 5 nitrogen and oxygen atoms in total. The van der Waals surface area contributed by atoms with Crippen LogP contribution in [0, 0.1) is 5.92 Å². The Morgan fingerprint density at radius 2 is 2.00 bits per heavy atom. The molecule has 0 N–H and O–H groups in total. The number of methoxy groups -OCH3 is 1. The first-order valence-electron chi connectivity index (χ1n) is 10.2. The molecule has 1 aromatic heterocycles. The molecule has 2 aliphatic rings. The molecule has 150 valence electrons. The Labute approximate surface area is 171 Å².